The van der Waals surface area contributed by atoms with Gasteiger partial charge in [0.15, 0.2) is 0 Å². The van der Waals surface area contributed by atoms with Crippen LogP contribution in [0.15, 0.2) is 206 Å². The number of hydrogen-bond acceptors (Lipinski definition) is 1. The van der Waals surface area contributed by atoms with Crippen molar-refractivity contribution in [1.29, 1.82) is 0 Å². The Morgan fingerprint density at radius 1 is 0.281 bits per heavy atom. The molecule has 2 nitrogen and oxygen atoms in total. The lowest BCUT2D eigenvalue weighted by Gasteiger charge is -2.11. The molecule has 0 saturated heterocycles. The Kier molecular flexibility index (Phi) is 7.13. The molecule has 9 aromatic carbocycles. The molecule has 0 amide bonds. The Bertz CT molecular complexity index is 3490. The van der Waals surface area contributed by atoms with Crippen molar-refractivity contribution < 1.29 is 0 Å². The van der Waals surface area contributed by atoms with Crippen LogP contribution in [0.2, 0.25) is 0 Å². The highest BCUT2D eigenvalue weighted by molar-refractivity contribution is 7.26. The minimum Gasteiger partial charge on any atom is -0.309 e. The minimum absolute atomic E-state index is 1.15. The molecule has 57 heavy (non-hydrogen) atoms. The summed E-state index contributed by atoms with van der Waals surface area (Å²) < 4.78 is 7.51. The number of hydrogen-bond donors (Lipinski definition) is 0. The van der Waals surface area contributed by atoms with Crippen molar-refractivity contribution in [2.75, 3.05) is 0 Å². The molecule has 0 spiro atoms. The second-order valence-electron chi connectivity index (χ2n) is 14.8. The highest BCUT2D eigenvalue weighted by Crippen LogP contribution is 2.44. The molecule has 0 saturated carbocycles. The zero-order valence-corrected chi connectivity index (χ0v) is 31.7. The summed E-state index contributed by atoms with van der Waals surface area (Å²) in [5, 5.41) is 7.72. The van der Waals surface area contributed by atoms with Gasteiger partial charge < -0.3 is 9.13 Å². The Hall–Kier alpha value is -7.20. The van der Waals surface area contributed by atoms with Gasteiger partial charge in [0.25, 0.3) is 0 Å². The lowest BCUT2D eigenvalue weighted by Crippen LogP contribution is -1.94. The summed E-state index contributed by atoms with van der Waals surface area (Å²) in [5.74, 6) is 0. The topological polar surface area (TPSA) is 9.86 Å². The molecular formula is C54H34N2S. The molecule has 0 aliphatic carbocycles. The molecule has 0 radical (unpaired) electrons. The van der Waals surface area contributed by atoms with Crippen molar-refractivity contribution in [2.24, 2.45) is 0 Å². The molecular weight excluding hydrogens is 709 g/mol. The summed E-state index contributed by atoms with van der Waals surface area (Å²) in [7, 11) is 0. The Morgan fingerprint density at radius 3 is 1.35 bits per heavy atom. The van der Waals surface area contributed by atoms with Crippen molar-refractivity contribution in [3.63, 3.8) is 0 Å². The van der Waals surface area contributed by atoms with Gasteiger partial charge in [-0.15, -0.1) is 11.3 Å². The maximum absolute atomic E-state index is 2.43. The highest BCUT2D eigenvalue weighted by atomic mass is 32.1. The smallest absolute Gasteiger partial charge is 0.0547 e. The fourth-order valence-corrected chi connectivity index (χ4v) is 10.5. The normalized spacial score (nSPS) is 11.9. The van der Waals surface area contributed by atoms with Crippen LogP contribution in [0.3, 0.4) is 0 Å². The van der Waals surface area contributed by atoms with Crippen LogP contribution in [0.5, 0.6) is 0 Å². The average Bonchev–Trinajstić information content (AvgIpc) is 3.95. The molecule has 0 aliphatic heterocycles. The van der Waals surface area contributed by atoms with Gasteiger partial charge in [-0.3, -0.25) is 0 Å². The van der Waals surface area contributed by atoms with Crippen molar-refractivity contribution in [3.8, 4) is 44.8 Å². The van der Waals surface area contributed by atoms with Gasteiger partial charge in [0.1, 0.15) is 0 Å². The van der Waals surface area contributed by atoms with E-state index in [1.165, 1.54) is 103 Å². The number of aromatic nitrogens is 2. The average molecular weight is 743 g/mol. The Labute approximate surface area is 333 Å². The number of thiophene rings is 1. The molecule has 0 atom stereocenters. The van der Waals surface area contributed by atoms with Gasteiger partial charge in [-0.25, -0.2) is 0 Å². The third-order valence-corrected chi connectivity index (χ3v) is 13.0. The van der Waals surface area contributed by atoms with Gasteiger partial charge in [-0.1, -0.05) is 152 Å². The van der Waals surface area contributed by atoms with Crippen molar-refractivity contribution in [2.45, 2.75) is 0 Å². The van der Waals surface area contributed by atoms with Crippen LogP contribution in [0.1, 0.15) is 0 Å². The van der Waals surface area contributed by atoms with E-state index in [1.54, 1.807) is 0 Å². The van der Waals surface area contributed by atoms with Gasteiger partial charge in [0.05, 0.1) is 22.1 Å². The highest BCUT2D eigenvalue weighted by Gasteiger charge is 2.20. The van der Waals surface area contributed by atoms with Crippen LogP contribution in [0, 0.1) is 0 Å². The largest absolute Gasteiger partial charge is 0.309 e. The molecule has 0 aliphatic rings. The van der Waals surface area contributed by atoms with E-state index in [-0.39, 0.29) is 0 Å². The molecule has 266 valence electrons. The summed E-state index contributed by atoms with van der Waals surface area (Å²) in [6, 6.07) is 75.5. The van der Waals surface area contributed by atoms with Crippen LogP contribution in [-0.4, -0.2) is 9.13 Å². The molecule has 0 bridgehead atoms. The summed E-state index contributed by atoms with van der Waals surface area (Å²) in [6.45, 7) is 0. The lowest BCUT2D eigenvalue weighted by molar-refractivity contribution is 1.18. The van der Waals surface area contributed by atoms with Crippen LogP contribution in [-0.2, 0) is 0 Å². The van der Waals surface area contributed by atoms with E-state index in [0.29, 0.717) is 0 Å². The van der Waals surface area contributed by atoms with E-state index in [1.807, 2.05) is 11.3 Å². The number of benzene rings is 9. The van der Waals surface area contributed by atoms with E-state index >= 15 is 0 Å². The molecule has 3 heterocycles. The van der Waals surface area contributed by atoms with Gasteiger partial charge in [0, 0.05) is 53.1 Å². The van der Waals surface area contributed by atoms with Gasteiger partial charge in [0.2, 0.25) is 0 Å². The monoisotopic (exact) mass is 742 g/mol. The van der Waals surface area contributed by atoms with Crippen LogP contribution in [0.25, 0.3) is 109 Å². The number of nitrogens with zero attached hydrogens (tertiary/aromatic N) is 2. The zero-order valence-electron chi connectivity index (χ0n) is 30.9. The first kappa shape index (κ1) is 32.1. The van der Waals surface area contributed by atoms with E-state index in [9.17, 15) is 0 Å². The van der Waals surface area contributed by atoms with E-state index < -0.39 is 0 Å². The van der Waals surface area contributed by atoms with Gasteiger partial charge >= 0.3 is 0 Å². The fraction of sp³-hybridized carbons (Fsp3) is 0. The summed E-state index contributed by atoms with van der Waals surface area (Å²) in [4.78, 5) is 0. The Balaban J connectivity index is 0.967. The first-order valence-corrected chi connectivity index (χ1v) is 20.3. The maximum atomic E-state index is 2.43. The van der Waals surface area contributed by atoms with Crippen molar-refractivity contribution in [3.05, 3.63) is 206 Å². The van der Waals surface area contributed by atoms with Crippen LogP contribution >= 0.6 is 11.3 Å². The molecule has 0 unspecified atom stereocenters. The zero-order chi connectivity index (χ0) is 37.5. The van der Waals surface area contributed by atoms with Gasteiger partial charge in [-0.2, -0.15) is 0 Å². The van der Waals surface area contributed by atoms with Crippen molar-refractivity contribution >= 4 is 75.1 Å². The third kappa shape index (κ3) is 4.89. The molecule has 12 aromatic rings. The summed E-state index contributed by atoms with van der Waals surface area (Å²) in [6.07, 6.45) is 0. The van der Waals surface area contributed by atoms with Crippen LogP contribution in [0.4, 0.5) is 0 Å². The predicted octanol–water partition coefficient (Wildman–Crippen LogP) is 15.2. The molecule has 3 aromatic heterocycles. The molecule has 0 N–H and O–H groups in total. The van der Waals surface area contributed by atoms with E-state index in [0.717, 1.165) is 5.69 Å². The molecule has 0 fully saturated rings. The lowest BCUT2D eigenvalue weighted by atomic mass is 9.95. The predicted molar refractivity (Wildman–Crippen MR) is 244 cm³/mol. The molecule has 12 rings (SSSR count). The SMILES string of the molecule is c1ccc(-n2c3ccccc3c3c(-c4cccc5c4c4ccccc4n5-c4ccc(-c5ccc(-c6cccc7c6sc6ccccc67)cc5)cc4)cccc32)cc1. The maximum Gasteiger partial charge on any atom is 0.0547 e. The molecule has 3 heteroatoms. The van der Waals surface area contributed by atoms with Crippen LogP contribution < -0.4 is 0 Å². The van der Waals surface area contributed by atoms with E-state index in [2.05, 4.69) is 215 Å². The van der Waals surface area contributed by atoms with Crippen molar-refractivity contribution in [1.82, 2.24) is 9.13 Å². The first-order chi connectivity index (χ1) is 28.3. The Morgan fingerprint density at radius 2 is 0.719 bits per heavy atom. The standard InChI is InChI=1S/C54H34N2S/c1-2-13-38(14-3-1)55-47-22-7-4-16-45(47)52-42(19-11-24-49(52)55)43-20-12-25-50-53(43)46-17-5-8-23-48(46)56(50)39-33-31-36(32-34-39)35-27-29-37(30-28-35)40-18-10-21-44-41-15-6-9-26-51(41)57-54(40)44/h1-34H. The summed E-state index contributed by atoms with van der Waals surface area (Å²) in [5.41, 5.74) is 14.6. The number of rotatable bonds is 5. The second-order valence-corrected chi connectivity index (χ2v) is 15.9. The third-order valence-electron chi connectivity index (χ3n) is 11.8. The summed E-state index contributed by atoms with van der Waals surface area (Å²) >= 11 is 1.88. The fourth-order valence-electron chi connectivity index (χ4n) is 9.24. The van der Waals surface area contributed by atoms with Gasteiger partial charge in [-0.05, 0) is 88.0 Å². The first-order valence-electron chi connectivity index (χ1n) is 19.5. The number of para-hydroxylation sites is 3. The minimum atomic E-state index is 1.15. The van der Waals surface area contributed by atoms with E-state index in [4.69, 9.17) is 0 Å². The number of fused-ring (bicyclic) bond motifs is 9. The second kappa shape index (κ2) is 12.7. The quantitative estimate of drug-likeness (QED) is 0.166.